The van der Waals surface area contributed by atoms with Crippen molar-refractivity contribution in [1.82, 2.24) is 14.8 Å². The van der Waals surface area contributed by atoms with Gasteiger partial charge >= 0.3 is 0 Å². The van der Waals surface area contributed by atoms with Crippen LogP contribution in [0.15, 0.2) is 30.6 Å². The van der Waals surface area contributed by atoms with Crippen LogP contribution in [-0.4, -0.2) is 14.8 Å². The Labute approximate surface area is 105 Å². The van der Waals surface area contributed by atoms with Crippen molar-refractivity contribution in [2.45, 2.75) is 26.5 Å². The molecule has 2 aromatic rings. The molecule has 2 rings (SSSR count). The molecule has 17 heavy (non-hydrogen) atoms. The number of halogens is 1. The maximum absolute atomic E-state index is 5.87. The number of hydrogen-bond donors (Lipinski definition) is 0. The molecule has 1 aromatic heterocycles. The summed E-state index contributed by atoms with van der Waals surface area (Å²) in [5, 5.41) is 4.80. The van der Waals surface area contributed by atoms with Crippen LogP contribution in [0, 0.1) is 0 Å². The zero-order chi connectivity index (χ0) is 12.1. The van der Waals surface area contributed by atoms with Crippen LogP contribution in [0.2, 0.25) is 5.02 Å². The first-order valence-electron chi connectivity index (χ1n) is 5.54. The molecule has 0 saturated heterocycles. The normalized spacial score (nSPS) is 10.5. The number of benzene rings is 1. The summed E-state index contributed by atoms with van der Waals surface area (Å²) in [5.74, 6) is 1.57. The average Bonchev–Trinajstić information content (AvgIpc) is 2.75. The van der Waals surface area contributed by atoms with Crippen molar-refractivity contribution >= 4 is 11.6 Å². The molecule has 5 heteroatoms. The van der Waals surface area contributed by atoms with E-state index in [1.165, 1.54) is 0 Å². The zero-order valence-corrected chi connectivity index (χ0v) is 10.4. The second-order valence-corrected chi connectivity index (χ2v) is 4.08. The minimum atomic E-state index is 0.403. The standard InChI is InChI=1S/C12H14ClN3O/c1-2-6-16-12(14-9-15-16)8-17-11-5-3-4-10(13)7-11/h3-5,7,9H,2,6,8H2,1H3. The summed E-state index contributed by atoms with van der Waals surface area (Å²) in [4.78, 5) is 4.17. The molecule has 0 unspecified atom stereocenters. The van der Waals surface area contributed by atoms with Gasteiger partial charge in [0.25, 0.3) is 0 Å². The molecule has 1 heterocycles. The summed E-state index contributed by atoms with van der Waals surface area (Å²) in [6.45, 7) is 3.36. The lowest BCUT2D eigenvalue weighted by Crippen LogP contribution is -2.08. The third kappa shape index (κ3) is 3.20. The smallest absolute Gasteiger partial charge is 0.164 e. The van der Waals surface area contributed by atoms with E-state index < -0.39 is 0 Å². The summed E-state index contributed by atoms with van der Waals surface area (Å²) in [5.41, 5.74) is 0. The van der Waals surface area contributed by atoms with E-state index in [2.05, 4.69) is 17.0 Å². The molecule has 0 atom stereocenters. The summed E-state index contributed by atoms with van der Waals surface area (Å²) >= 11 is 5.87. The molecule has 0 amide bonds. The zero-order valence-electron chi connectivity index (χ0n) is 9.64. The minimum absolute atomic E-state index is 0.403. The Morgan fingerprint density at radius 3 is 3.06 bits per heavy atom. The Hall–Kier alpha value is -1.55. The average molecular weight is 252 g/mol. The highest BCUT2D eigenvalue weighted by Gasteiger charge is 2.04. The van der Waals surface area contributed by atoms with Crippen LogP contribution in [0.3, 0.4) is 0 Å². The molecule has 0 saturated carbocycles. The fourth-order valence-corrected chi connectivity index (χ4v) is 1.68. The number of aryl methyl sites for hydroxylation is 1. The third-order valence-corrected chi connectivity index (χ3v) is 2.53. The predicted molar refractivity (Wildman–Crippen MR) is 66.1 cm³/mol. The molecule has 1 aromatic carbocycles. The molecule has 0 aliphatic heterocycles. The molecule has 0 spiro atoms. The molecule has 0 aliphatic carbocycles. The van der Waals surface area contributed by atoms with E-state index in [1.54, 1.807) is 12.4 Å². The van der Waals surface area contributed by atoms with Crippen LogP contribution in [0.5, 0.6) is 5.75 Å². The summed E-state index contributed by atoms with van der Waals surface area (Å²) in [7, 11) is 0. The van der Waals surface area contributed by atoms with Crippen LogP contribution in [0.25, 0.3) is 0 Å². The second-order valence-electron chi connectivity index (χ2n) is 3.65. The van der Waals surface area contributed by atoms with Crippen LogP contribution < -0.4 is 4.74 Å². The highest BCUT2D eigenvalue weighted by Crippen LogP contribution is 2.17. The lowest BCUT2D eigenvalue weighted by molar-refractivity contribution is 0.286. The Kier molecular flexibility index (Phi) is 3.98. The van der Waals surface area contributed by atoms with Gasteiger partial charge in [-0.15, -0.1) is 0 Å². The van der Waals surface area contributed by atoms with Gasteiger partial charge in [-0.25, -0.2) is 9.67 Å². The Balaban J connectivity index is 1.99. The SMILES string of the molecule is CCCn1ncnc1COc1cccc(Cl)c1. The maximum Gasteiger partial charge on any atom is 0.164 e. The summed E-state index contributed by atoms with van der Waals surface area (Å²) < 4.78 is 7.46. The van der Waals surface area contributed by atoms with E-state index in [1.807, 2.05) is 22.9 Å². The van der Waals surface area contributed by atoms with Gasteiger partial charge in [-0.05, 0) is 24.6 Å². The number of ether oxygens (including phenoxy) is 1. The fourth-order valence-electron chi connectivity index (χ4n) is 1.50. The molecule has 90 valence electrons. The molecule has 0 N–H and O–H groups in total. The highest BCUT2D eigenvalue weighted by atomic mass is 35.5. The highest BCUT2D eigenvalue weighted by molar-refractivity contribution is 6.30. The number of aromatic nitrogens is 3. The first kappa shape index (κ1) is 11.9. The molecule has 0 bridgehead atoms. The van der Waals surface area contributed by atoms with Crippen molar-refractivity contribution in [2.24, 2.45) is 0 Å². The number of rotatable bonds is 5. The lowest BCUT2D eigenvalue weighted by atomic mass is 10.3. The number of hydrogen-bond acceptors (Lipinski definition) is 3. The largest absolute Gasteiger partial charge is 0.486 e. The van der Waals surface area contributed by atoms with Gasteiger partial charge in [-0.1, -0.05) is 24.6 Å². The predicted octanol–water partition coefficient (Wildman–Crippen LogP) is 2.92. The van der Waals surface area contributed by atoms with Gasteiger partial charge in [0.2, 0.25) is 0 Å². The van der Waals surface area contributed by atoms with E-state index in [0.29, 0.717) is 11.6 Å². The van der Waals surface area contributed by atoms with Gasteiger partial charge in [0.15, 0.2) is 5.82 Å². The van der Waals surface area contributed by atoms with E-state index in [0.717, 1.165) is 24.5 Å². The number of nitrogens with zero attached hydrogens (tertiary/aromatic N) is 3. The molecular formula is C12H14ClN3O. The van der Waals surface area contributed by atoms with Crippen molar-refractivity contribution in [3.8, 4) is 5.75 Å². The van der Waals surface area contributed by atoms with Gasteiger partial charge in [0.05, 0.1) is 0 Å². The van der Waals surface area contributed by atoms with Gasteiger partial charge in [-0.2, -0.15) is 5.10 Å². The molecule has 4 nitrogen and oxygen atoms in total. The molecule has 0 aliphatic rings. The molecule has 0 fully saturated rings. The fraction of sp³-hybridized carbons (Fsp3) is 0.333. The van der Waals surface area contributed by atoms with Gasteiger partial charge in [-0.3, -0.25) is 0 Å². The van der Waals surface area contributed by atoms with Crippen molar-refractivity contribution in [2.75, 3.05) is 0 Å². The van der Waals surface area contributed by atoms with Gasteiger partial charge < -0.3 is 4.74 Å². The van der Waals surface area contributed by atoms with Gasteiger partial charge in [0, 0.05) is 11.6 Å². The monoisotopic (exact) mass is 251 g/mol. The maximum atomic E-state index is 5.87. The summed E-state index contributed by atoms with van der Waals surface area (Å²) in [6.07, 6.45) is 2.57. The third-order valence-electron chi connectivity index (χ3n) is 2.30. The van der Waals surface area contributed by atoms with E-state index in [4.69, 9.17) is 16.3 Å². The van der Waals surface area contributed by atoms with Gasteiger partial charge in [0.1, 0.15) is 18.7 Å². The lowest BCUT2D eigenvalue weighted by Gasteiger charge is -2.07. The first-order chi connectivity index (χ1) is 8.29. The second kappa shape index (κ2) is 5.68. The quantitative estimate of drug-likeness (QED) is 0.820. The Morgan fingerprint density at radius 1 is 1.41 bits per heavy atom. The van der Waals surface area contributed by atoms with Crippen molar-refractivity contribution < 1.29 is 4.74 Å². The first-order valence-corrected chi connectivity index (χ1v) is 5.92. The minimum Gasteiger partial charge on any atom is -0.486 e. The van der Waals surface area contributed by atoms with E-state index in [-0.39, 0.29) is 0 Å². The van der Waals surface area contributed by atoms with Crippen molar-refractivity contribution in [3.63, 3.8) is 0 Å². The molecular weight excluding hydrogens is 238 g/mol. The van der Waals surface area contributed by atoms with Crippen LogP contribution in [-0.2, 0) is 13.2 Å². The molecule has 0 radical (unpaired) electrons. The van der Waals surface area contributed by atoms with Crippen molar-refractivity contribution in [1.29, 1.82) is 0 Å². The van der Waals surface area contributed by atoms with E-state index >= 15 is 0 Å². The Bertz CT molecular complexity index is 484. The van der Waals surface area contributed by atoms with Crippen molar-refractivity contribution in [3.05, 3.63) is 41.4 Å². The van der Waals surface area contributed by atoms with Crippen LogP contribution >= 0.6 is 11.6 Å². The summed E-state index contributed by atoms with van der Waals surface area (Å²) in [6, 6.07) is 7.32. The van der Waals surface area contributed by atoms with Crippen LogP contribution in [0.4, 0.5) is 0 Å². The van der Waals surface area contributed by atoms with E-state index in [9.17, 15) is 0 Å². The van der Waals surface area contributed by atoms with Crippen LogP contribution in [0.1, 0.15) is 19.2 Å². The Morgan fingerprint density at radius 2 is 2.29 bits per heavy atom. The topological polar surface area (TPSA) is 39.9 Å².